The molecule has 0 amide bonds. The van der Waals surface area contributed by atoms with Crippen molar-refractivity contribution < 1.29 is 0 Å². The van der Waals surface area contributed by atoms with Crippen molar-refractivity contribution >= 4 is 64.6 Å². The van der Waals surface area contributed by atoms with Gasteiger partial charge in [0.25, 0.3) is 0 Å². The first-order valence-electron chi connectivity index (χ1n) is 31.2. The largest absolute Gasteiger partial charge is 0.0654 e. The van der Waals surface area contributed by atoms with Crippen LogP contribution in [0.3, 0.4) is 0 Å². The van der Waals surface area contributed by atoms with Gasteiger partial charge in [-0.2, -0.15) is 0 Å². The topological polar surface area (TPSA) is 0 Å². The van der Waals surface area contributed by atoms with Crippen LogP contribution in [0.1, 0.15) is 139 Å². The van der Waals surface area contributed by atoms with Gasteiger partial charge >= 0.3 is 0 Å². The lowest BCUT2D eigenvalue weighted by atomic mass is 9.69. The van der Waals surface area contributed by atoms with E-state index in [2.05, 4.69) is 236 Å². The number of aryl methyl sites for hydroxylation is 4. The lowest BCUT2D eigenvalue weighted by molar-refractivity contribution is 0.401. The number of benzene rings is 12. The summed E-state index contributed by atoms with van der Waals surface area (Å²) in [5.74, 6) is 0. The highest BCUT2D eigenvalue weighted by molar-refractivity contribution is 6.32. The first-order valence-corrected chi connectivity index (χ1v) is 31.2. The van der Waals surface area contributed by atoms with Gasteiger partial charge in [0.05, 0.1) is 0 Å². The molecular formula is C81H78. The van der Waals surface area contributed by atoms with E-state index in [1.54, 1.807) is 11.1 Å². The Morgan fingerprint density at radius 3 is 0.840 bits per heavy atom. The van der Waals surface area contributed by atoms with E-state index in [0.29, 0.717) is 0 Å². The second kappa shape index (κ2) is 22.3. The first-order chi connectivity index (χ1) is 40.0. The Morgan fingerprint density at radius 2 is 0.543 bits per heavy atom. The quantitative estimate of drug-likeness (QED) is 0.0593. The molecular weight excluding hydrogens is 973 g/mol. The molecule has 12 aromatic rings. The van der Waals surface area contributed by atoms with Gasteiger partial charge in [0.1, 0.15) is 0 Å². The van der Waals surface area contributed by atoms with Gasteiger partial charge in [-0.25, -0.2) is 0 Å². The minimum Gasteiger partial charge on any atom is -0.0654 e. The highest BCUT2D eigenvalue weighted by Crippen LogP contribution is 2.60. The summed E-state index contributed by atoms with van der Waals surface area (Å²) in [5.41, 5.74) is 22.5. The Hall–Kier alpha value is -7.80. The standard InChI is InChI=1S/C81H78/c1-7-13-15-33-47-81(48-34-16-14-8-2)71-51-69-65(61-43-29-31-45-63(61)77-57(9-3)73(53-35-21-17-22-36-53)75(59(11-5)79(69)77)55-39-25-19-26-40-55)49-67(71)68-50-66-62-44-30-32-46-64(62)78-58(10-4)74(54-37-23-18-24-38-54)76(56-41-27-20-28-42-56)60(12-6)80(78)70(66)52-72(68)81/h17-32,35-46,49-52H,7-16,33-34,47-48H2,1-6H3. The molecule has 81 heavy (non-hydrogen) atoms. The fourth-order valence-corrected chi connectivity index (χ4v) is 15.7. The van der Waals surface area contributed by atoms with Crippen molar-refractivity contribution in [1.29, 1.82) is 0 Å². The Kier molecular flexibility index (Phi) is 14.5. The van der Waals surface area contributed by atoms with Crippen LogP contribution in [-0.2, 0) is 31.1 Å². The molecule has 0 unspecified atom stereocenters. The minimum atomic E-state index is -0.164. The van der Waals surface area contributed by atoms with Gasteiger partial charge in [0.2, 0.25) is 0 Å². The Balaban J connectivity index is 1.22. The van der Waals surface area contributed by atoms with E-state index >= 15 is 0 Å². The molecule has 0 saturated heterocycles. The molecule has 1 aliphatic carbocycles. The molecule has 0 heterocycles. The van der Waals surface area contributed by atoms with E-state index in [1.807, 2.05) is 0 Å². The average Bonchev–Trinajstić information content (AvgIpc) is 4.03. The molecule has 0 bridgehead atoms. The highest BCUT2D eigenvalue weighted by Gasteiger charge is 2.44. The molecule has 0 saturated carbocycles. The van der Waals surface area contributed by atoms with Crippen LogP contribution in [0.2, 0.25) is 0 Å². The SMILES string of the molecule is CCCCCCC1(CCCCCC)c2cc3c(cc2-c2cc4c5ccccc5c5c(CC)c(-c6ccccc6)c(-c6ccccc6)c(CC)c5c4cc21)c1ccccc1c1c(CC)c(-c2ccccc2)c(-c2ccccc2)c(CC)c31. The Morgan fingerprint density at radius 1 is 0.259 bits per heavy atom. The fourth-order valence-electron chi connectivity index (χ4n) is 15.7. The monoisotopic (exact) mass is 1050 g/mol. The maximum atomic E-state index is 2.81. The molecule has 0 spiro atoms. The van der Waals surface area contributed by atoms with Gasteiger partial charge in [-0.1, -0.05) is 263 Å². The highest BCUT2D eigenvalue weighted by atomic mass is 14.5. The zero-order chi connectivity index (χ0) is 55.2. The summed E-state index contributed by atoms with van der Waals surface area (Å²) < 4.78 is 0. The van der Waals surface area contributed by atoms with Crippen molar-refractivity contribution in [1.82, 2.24) is 0 Å². The van der Waals surface area contributed by atoms with Crippen molar-refractivity contribution in [3.8, 4) is 55.6 Å². The summed E-state index contributed by atoms with van der Waals surface area (Å²) in [6.07, 6.45) is 16.0. The smallest absolute Gasteiger partial charge is 0.0215 e. The minimum absolute atomic E-state index is 0.164. The number of unbranched alkanes of at least 4 members (excludes halogenated alkanes) is 6. The van der Waals surface area contributed by atoms with Crippen LogP contribution in [0.4, 0.5) is 0 Å². The third kappa shape index (κ3) is 8.53. The van der Waals surface area contributed by atoms with Crippen LogP contribution >= 0.6 is 0 Å². The van der Waals surface area contributed by atoms with Crippen molar-refractivity contribution in [2.24, 2.45) is 0 Å². The lowest BCUT2D eigenvalue weighted by Crippen LogP contribution is -2.25. The fraction of sp³-hybridized carbons (Fsp3) is 0.259. The molecule has 0 nitrogen and oxygen atoms in total. The van der Waals surface area contributed by atoms with E-state index in [-0.39, 0.29) is 5.41 Å². The van der Waals surface area contributed by atoms with E-state index in [4.69, 9.17) is 0 Å². The summed E-state index contributed by atoms with van der Waals surface area (Å²) in [7, 11) is 0. The van der Waals surface area contributed by atoms with Crippen molar-refractivity contribution in [3.05, 3.63) is 228 Å². The van der Waals surface area contributed by atoms with Gasteiger partial charge in [-0.15, -0.1) is 0 Å². The summed E-state index contributed by atoms with van der Waals surface area (Å²) >= 11 is 0. The van der Waals surface area contributed by atoms with Crippen LogP contribution in [0.15, 0.2) is 194 Å². The predicted octanol–water partition coefficient (Wildman–Crippen LogP) is 23.7. The second-order valence-corrected chi connectivity index (χ2v) is 23.5. The predicted molar refractivity (Wildman–Crippen MR) is 354 cm³/mol. The van der Waals surface area contributed by atoms with Gasteiger partial charge < -0.3 is 0 Å². The van der Waals surface area contributed by atoms with Crippen molar-refractivity contribution in [2.75, 3.05) is 0 Å². The molecule has 402 valence electrons. The summed E-state index contributed by atoms with van der Waals surface area (Å²) in [6.45, 7) is 14.4. The van der Waals surface area contributed by atoms with Crippen LogP contribution in [0.25, 0.3) is 120 Å². The molecule has 0 fully saturated rings. The molecule has 0 aliphatic heterocycles. The number of rotatable bonds is 18. The van der Waals surface area contributed by atoms with E-state index in [1.165, 1.54) is 194 Å². The molecule has 0 aromatic heterocycles. The van der Waals surface area contributed by atoms with Gasteiger partial charge in [0, 0.05) is 5.41 Å². The molecule has 0 radical (unpaired) electrons. The van der Waals surface area contributed by atoms with Crippen LogP contribution < -0.4 is 0 Å². The summed E-state index contributed by atoms with van der Waals surface area (Å²) in [5, 5.41) is 16.8. The maximum Gasteiger partial charge on any atom is 0.0215 e. The normalized spacial score (nSPS) is 12.9. The molecule has 0 atom stereocenters. The Labute approximate surface area is 481 Å². The molecule has 12 aromatic carbocycles. The maximum absolute atomic E-state index is 2.81. The van der Waals surface area contributed by atoms with Crippen molar-refractivity contribution in [3.63, 3.8) is 0 Å². The van der Waals surface area contributed by atoms with E-state index in [9.17, 15) is 0 Å². The molecule has 0 N–H and O–H groups in total. The number of fused-ring (bicyclic) bond motifs is 15. The zero-order valence-corrected chi connectivity index (χ0v) is 48.9. The van der Waals surface area contributed by atoms with E-state index < -0.39 is 0 Å². The third-order valence-corrected chi connectivity index (χ3v) is 19.1. The van der Waals surface area contributed by atoms with Crippen molar-refractivity contribution in [2.45, 2.75) is 137 Å². The van der Waals surface area contributed by atoms with Gasteiger partial charge in [0.15, 0.2) is 0 Å². The summed E-state index contributed by atoms with van der Waals surface area (Å²) in [4.78, 5) is 0. The molecule has 0 heteroatoms. The summed E-state index contributed by atoms with van der Waals surface area (Å²) in [6, 6.07) is 75.3. The number of hydrogen-bond acceptors (Lipinski definition) is 0. The average molecular weight is 1050 g/mol. The van der Waals surface area contributed by atoms with Gasteiger partial charge in [-0.3, -0.25) is 0 Å². The Bertz CT molecular complexity index is 4030. The van der Waals surface area contributed by atoms with Crippen LogP contribution in [-0.4, -0.2) is 0 Å². The van der Waals surface area contributed by atoms with E-state index in [0.717, 1.165) is 38.5 Å². The van der Waals surface area contributed by atoms with Crippen LogP contribution in [0.5, 0.6) is 0 Å². The van der Waals surface area contributed by atoms with Crippen LogP contribution in [0, 0.1) is 0 Å². The zero-order valence-electron chi connectivity index (χ0n) is 48.9. The lowest BCUT2D eigenvalue weighted by Gasteiger charge is -2.34. The molecule has 13 rings (SSSR count). The second-order valence-electron chi connectivity index (χ2n) is 23.5. The first kappa shape index (κ1) is 52.6. The van der Waals surface area contributed by atoms with Gasteiger partial charge in [-0.05, 0) is 216 Å². The molecule has 1 aliphatic rings. The number of hydrogen-bond donors (Lipinski definition) is 0. The third-order valence-electron chi connectivity index (χ3n) is 19.1.